The largest absolute Gasteiger partial charge is 0.394 e. The Morgan fingerprint density at radius 3 is 1.18 bits per heavy atom. The molecule has 412 valence electrons. The lowest BCUT2D eigenvalue weighted by Crippen LogP contribution is -2.54. The number of unbranched alkanes of at least 4 members (excludes halogenated alkanes) is 15. The number of hydrogen-bond donors (Lipinski definition) is 4. The van der Waals surface area contributed by atoms with Crippen LogP contribution in [0.4, 0.5) is 0 Å². The van der Waals surface area contributed by atoms with Crippen molar-refractivity contribution in [2.75, 3.05) is 86.0 Å². The number of carbonyl (C=O) groups is 4. The number of amides is 4. The molecule has 0 aliphatic rings. The molecule has 2 atom stereocenters. The van der Waals surface area contributed by atoms with Crippen molar-refractivity contribution in [3.05, 3.63) is 48.6 Å². The third kappa shape index (κ3) is 38.0. The third-order valence-corrected chi connectivity index (χ3v) is 12.6. The lowest BCUT2D eigenvalue weighted by Gasteiger charge is -2.34. The highest BCUT2D eigenvalue weighted by Crippen LogP contribution is 2.18. The van der Waals surface area contributed by atoms with Crippen LogP contribution in [0.25, 0.3) is 0 Å². The zero-order chi connectivity index (χ0) is 52.6. The number of nitrogens with one attached hydrogen (secondary N) is 2. The van der Waals surface area contributed by atoms with Crippen molar-refractivity contribution in [2.24, 2.45) is 11.8 Å². The van der Waals surface area contributed by atoms with E-state index in [4.69, 9.17) is 9.47 Å². The summed E-state index contributed by atoms with van der Waals surface area (Å²) in [6, 6.07) is -1.33. The molecule has 0 saturated carbocycles. The summed E-state index contributed by atoms with van der Waals surface area (Å²) in [5, 5.41) is 24.6. The lowest BCUT2D eigenvalue weighted by molar-refractivity contribution is -0.143. The number of ether oxygens (including phenoxy) is 2. The lowest BCUT2D eigenvalue weighted by atomic mass is 10.00. The highest BCUT2D eigenvalue weighted by molar-refractivity contribution is 5.88. The van der Waals surface area contributed by atoms with E-state index in [1.807, 2.05) is 39.6 Å². The van der Waals surface area contributed by atoms with E-state index < -0.39 is 12.1 Å². The number of allylic oxidation sites excluding steroid dienone is 8. The van der Waals surface area contributed by atoms with E-state index in [0.717, 1.165) is 96.3 Å². The fourth-order valence-corrected chi connectivity index (χ4v) is 8.44. The Morgan fingerprint density at radius 2 is 0.817 bits per heavy atom. The van der Waals surface area contributed by atoms with E-state index in [1.165, 1.54) is 38.5 Å². The van der Waals surface area contributed by atoms with Gasteiger partial charge in [-0.1, -0.05) is 154 Å². The van der Waals surface area contributed by atoms with E-state index >= 15 is 0 Å². The Morgan fingerprint density at radius 1 is 0.465 bits per heavy atom. The molecule has 0 aromatic heterocycles. The smallest absolute Gasteiger partial charge is 0.243 e. The van der Waals surface area contributed by atoms with Crippen LogP contribution in [0.1, 0.15) is 189 Å². The fraction of sp³-hybridized carbons (Fsp3) is 0.793. The third-order valence-electron chi connectivity index (χ3n) is 12.6. The van der Waals surface area contributed by atoms with Gasteiger partial charge in [0.25, 0.3) is 0 Å². The van der Waals surface area contributed by atoms with Crippen LogP contribution in [0.3, 0.4) is 0 Å². The van der Waals surface area contributed by atoms with Gasteiger partial charge >= 0.3 is 0 Å². The molecule has 2 unspecified atom stereocenters. The van der Waals surface area contributed by atoms with E-state index in [0.29, 0.717) is 39.0 Å². The number of aliphatic hydroxyl groups is 2. The fourth-order valence-electron chi connectivity index (χ4n) is 8.44. The van der Waals surface area contributed by atoms with Gasteiger partial charge < -0.3 is 45.0 Å². The molecule has 4 N–H and O–H groups in total. The summed E-state index contributed by atoms with van der Waals surface area (Å²) in [5.41, 5.74) is 0. The van der Waals surface area contributed by atoms with Gasteiger partial charge in [0.1, 0.15) is 12.1 Å². The molecule has 0 radical (unpaired) electrons. The molecular weight excluding hydrogens is 895 g/mol. The normalized spacial score (nSPS) is 13.0. The van der Waals surface area contributed by atoms with E-state index in [9.17, 15) is 29.4 Å². The average Bonchev–Trinajstić information content (AvgIpc) is 3.34. The minimum Gasteiger partial charge on any atom is -0.394 e. The van der Waals surface area contributed by atoms with E-state index in [-0.39, 0.29) is 88.2 Å². The molecule has 13 nitrogen and oxygen atoms in total. The molecule has 0 aliphatic carbocycles. The maximum Gasteiger partial charge on any atom is 0.243 e. The number of nitrogens with zero attached hydrogens (tertiary/aromatic N) is 3. The van der Waals surface area contributed by atoms with Crippen molar-refractivity contribution < 1.29 is 38.9 Å². The van der Waals surface area contributed by atoms with Crippen molar-refractivity contribution in [3.8, 4) is 0 Å². The van der Waals surface area contributed by atoms with Gasteiger partial charge in [-0.25, -0.2) is 0 Å². The quantitative estimate of drug-likeness (QED) is 0.0344. The van der Waals surface area contributed by atoms with Gasteiger partial charge in [0, 0.05) is 52.1 Å². The number of carbonyl (C=O) groups excluding carboxylic acids is 4. The van der Waals surface area contributed by atoms with Gasteiger partial charge in [-0.15, -0.1) is 0 Å². The Bertz CT molecular complexity index is 1420. The molecule has 0 aliphatic heterocycles. The van der Waals surface area contributed by atoms with Crippen LogP contribution in [0.2, 0.25) is 0 Å². The van der Waals surface area contributed by atoms with E-state index in [2.05, 4.69) is 73.1 Å². The molecule has 0 saturated heterocycles. The summed E-state index contributed by atoms with van der Waals surface area (Å²) >= 11 is 0. The van der Waals surface area contributed by atoms with Crippen molar-refractivity contribution in [1.82, 2.24) is 25.3 Å². The van der Waals surface area contributed by atoms with Crippen molar-refractivity contribution in [2.45, 2.75) is 201 Å². The number of aliphatic hydroxyl groups excluding tert-OH is 2. The second-order valence-electron chi connectivity index (χ2n) is 19.7. The second kappa shape index (κ2) is 48.9. The van der Waals surface area contributed by atoms with Gasteiger partial charge in [0.15, 0.2) is 0 Å². The Balaban J connectivity index is 5.08. The summed E-state index contributed by atoms with van der Waals surface area (Å²) in [5.74, 6) is -0.816. The number of rotatable bonds is 49. The molecular formula is C58H107N5O8. The van der Waals surface area contributed by atoms with Gasteiger partial charge in [-0.3, -0.25) is 19.2 Å². The summed E-state index contributed by atoms with van der Waals surface area (Å²) in [4.78, 5) is 60.2. The summed E-state index contributed by atoms with van der Waals surface area (Å²) in [7, 11) is 1.93. The van der Waals surface area contributed by atoms with Crippen LogP contribution in [-0.4, -0.2) is 147 Å². The highest BCUT2D eigenvalue weighted by atomic mass is 16.5. The molecule has 0 heterocycles. The summed E-state index contributed by atoms with van der Waals surface area (Å²) in [6.07, 6.45) is 41.7. The van der Waals surface area contributed by atoms with Crippen LogP contribution in [0.15, 0.2) is 48.6 Å². The molecule has 4 amide bonds. The summed E-state index contributed by atoms with van der Waals surface area (Å²) in [6.45, 7) is 15.1. The molecule has 0 aromatic rings. The molecule has 0 bridgehead atoms. The first-order valence-electron chi connectivity index (χ1n) is 28.3. The molecule has 0 spiro atoms. The molecule has 0 fully saturated rings. The zero-order valence-electron chi connectivity index (χ0n) is 46.4. The minimum atomic E-state index is -0.666. The van der Waals surface area contributed by atoms with Crippen LogP contribution in [0.5, 0.6) is 0 Å². The molecule has 0 rings (SSSR count). The van der Waals surface area contributed by atoms with Gasteiger partial charge in [0.2, 0.25) is 23.6 Å². The molecule has 13 heteroatoms. The predicted molar refractivity (Wildman–Crippen MR) is 294 cm³/mol. The highest BCUT2D eigenvalue weighted by Gasteiger charge is 2.33. The molecule has 71 heavy (non-hydrogen) atoms. The van der Waals surface area contributed by atoms with Gasteiger partial charge in [-0.05, 0) is 89.5 Å². The Hall–Kier alpha value is -3.36. The topological polar surface area (TPSA) is 161 Å². The Kier molecular flexibility index (Phi) is 46.6. The van der Waals surface area contributed by atoms with E-state index in [1.54, 1.807) is 9.80 Å². The van der Waals surface area contributed by atoms with Crippen LogP contribution < -0.4 is 10.6 Å². The first-order valence-corrected chi connectivity index (χ1v) is 28.3. The first kappa shape index (κ1) is 67.6. The standard InChI is InChI=1S/C58H107N5O8/c1-8-10-12-14-16-18-20-22-24-26-28-30-32-34-36-38-54(67)63(44-48-71-50-46-65)56(52(5)6)58(69)60-40-42-61(7)41-39-59-57(68)55(51(3)4)62(43-47-70-49-45-64)53(66)37-35-33-31-29-27-25-23-21-19-17-15-13-11-9-2/h15-18,21-24,51-52,55-56,64-65H,8-14,19-20,25-50H2,1-7H3,(H,59,68)(H,60,69)/b17-15-,18-16-,23-21-,24-22-. The maximum absolute atomic E-state index is 13.8. The van der Waals surface area contributed by atoms with Gasteiger partial charge in [-0.2, -0.15) is 0 Å². The number of likely N-dealkylation sites (N-methyl/N-ethyl adjacent to an activating group) is 1. The summed E-state index contributed by atoms with van der Waals surface area (Å²) < 4.78 is 11.1. The number of hydrogen-bond acceptors (Lipinski definition) is 9. The first-order chi connectivity index (χ1) is 34.5. The van der Waals surface area contributed by atoms with Crippen molar-refractivity contribution in [3.63, 3.8) is 0 Å². The van der Waals surface area contributed by atoms with Crippen molar-refractivity contribution >= 4 is 23.6 Å². The molecule has 0 aromatic carbocycles. The van der Waals surface area contributed by atoms with Gasteiger partial charge in [0.05, 0.1) is 39.6 Å². The van der Waals surface area contributed by atoms with Crippen molar-refractivity contribution in [1.29, 1.82) is 0 Å². The maximum atomic E-state index is 13.8. The predicted octanol–water partition coefficient (Wildman–Crippen LogP) is 10.1. The monoisotopic (exact) mass is 1000 g/mol. The second-order valence-corrected chi connectivity index (χ2v) is 19.7. The van der Waals surface area contributed by atoms with Crippen LogP contribution in [-0.2, 0) is 28.7 Å². The minimum absolute atomic E-state index is 0.0612. The SMILES string of the molecule is CCCC/C=C\C/C=C\CCCCCCCC(=O)N(CCOCCO)C(C(=O)NCCN(C)CCNC(=O)C(C(C)C)N(CCOCCO)C(=O)CCCCCCC/C=C\C/C=C\CCCCC)C(C)C. The van der Waals surface area contributed by atoms with Crippen LogP contribution >= 0.6 is 0 Å². The Labute approximate surface area is 434 Å². The zero-order valence-corrected chi connectivity index (χ0v) is 46.4. The van der Waals surface area contributed by atoms with Crippen LogP contribution in [0, 0.1) is 11.8 Å². The average molecular weight is 1000 g/mol.